The second-order valence-corrected chi connectivity index (χ2v) is 12.1. The Morgan fingerprint density at radius 1 is 0.643 bits per heavy atom. The van der Waals surface area contributed by atoms with Crippen LogP contribution in [0.3, 0.4) is 0 Å². The Balaban J connectivity index is 1.27. The number of anilines is 2. The number of amides is 4. The van der Waals surface area contributed by atoms with E-state index in [1.807, 2.05) is 48.5 Å². The van der Waals surface area contributed by atoms with Crippen molar-refractivity contribution in [2.45, 2.75) is 52.7 Å². The average molecular weight is 579 g/mol. The standard InChI is InChI=1S/C32H42N4O6/c1-19(2)27(37)31(41)35-15-13-23(17-35)29(39)33-25-9-5-21(6-10-25)22-7-11-26(12-8-22)34-30(40)24-14-16-36(18-24)32(42)28(38)20(3)4/h5-12,19-20,23-24,27-28,37-38H,13-18H2,1-4H3,(H,33,39)(H,34,40)/t23-,24+,27-,28+. The molecule has 2 saturated heterocycles. The molecule has 2 heterocycles. The van der Waals surface area contributed by atoms with Crippen LogP contribution in [0.25, 0.3) is 11.1 Å². The van der Waals surface area contributed by atoms with E-state index >= 15 is 0 Å². The number of likely N-dealkylation sites (tertiary alicyclic amines) is 2. The van der Waals surface area contributed by atoms with Gasteiger partial charge in [-0.25, -0.2) is 0 Å². The van der Waals surface area contributed by atoms with Gasteiger partial charge in [-0.2, -0.15) is 0 Å². The highest BCUT2D eigenvalue weighted by atomic mass is 16.3. The van der Waals surface area contributed by atoms with Gasteiger partial charge in [0.25, 0.3) is 11.8 Å². The van der Waals surface area contributed by atoms with Crippen LogP contribution in [0.15, 0.2) is 48.5 Å². The van der Waals surface area contributed by atoms with E-state index in [0.717, 1.165) is 11.1 Å². The van der Waals surface area contributed by atoms with Gasteiger partial charge in [0.1, 0.15) is 12.2 Å². The fourth-order valence-electron chi connectivity index (χ4n) is 5.27. The van der Waals surface area contributed by atoms with Crippen molar-refractivity contribution in [2.24, 2.45) is 23.7 Å². The lowest BCUT2D eigenvalue weighted by molar-refractivity contribution is -0.142. The van der Waals surface area contributed by atoms with E-state index in [1.54, 1.807) is 37.5 Å². The van der Waals surface area contributed by atoms with Crippen LogP contribution in [-0.2, 0) is 19.2 Å². The van der Waals surface area contributed by atoms with E-state index in [4.69, 9.17) is 0 Å². The fourth-order valence-corrected chi connectivity index (χ4v) is 5.27. The molecule has 0 spiro atoms. The molecule has 2 aliphatic rings. The number of carbonyl (C=O) groups is 4. The Morgan fingerprint density at radius 2 is 0.976 bits per heavy atom. The first-order chi connectivity index (χ1) is 19.9. The van der Waals surface area contributed by atoms with Gasteiger partial charge in [0.05, 0.1) is 11.8 Å². The van der Waals surface area contributed by atoms with Crippen LogP contribution < -0.4 is 10.6 Å². The number of hydrogen-bond donors (Lipinski definition) is 4. The quantitative estimate of drug-likeness (QED) is 0.361. The number of nitrogens with zero attached hydrogens (tertiary/aromatic N) is 2. The lowest BCUT2D eigenvalue weighted by Crippen LogP contribution is -2.40. The molecular formula is C32H42N4O6. The van der Waals surface area contributed by atoms with E-state index < -0.39 is 12.2 Å². The summed E-state index contributed by atoms with van der Waals surface area (Å²) in [5.41, 5.74) is 3.20. The Hall–Kier alpha value is -3.76. The summed E-state index contributed by atoms with van der Waals surface area (Å²) in [4.78, 5) is 53.5. The molecule has 4 N–H and O–H groups in total. The highest BCUT2D eigenvalue weighted by molar-refractivity contribution is 5.95. The topological polar surface area (TPSA) is 139 Å². The summed E-state index contributed by atoms with van der Waals surface area (Å²) in [5, 5.41) is 26.0. The minimum absolute atomic E-state index is 0.150. The minimum atomic E-state index is -1.05. The van der Waals surface area contributed by atoms with Gasteiger partial charge in [-0.3, -0.25) is 19.2 Å². The summed E-state index contributed by atoms with van der Waals surface area (Å²) < 4.78 is 0. The van der Waals surface area contributed by atoms with E-state index in [2.05, 4.69) is 10.6 Å². The van der Waals surface area contributed by atoms with Crippen molar-refractivity contribution in [3.63, 3.8) is 0 Å². The molecule has 4 amide bonds. The summed E-state index contributed by atoms with van der Waals surface area (Å²) in [6.45, 7) is 8.66. The molecule has 10 heteroatoms. The number of rotatable bonds is 9. The van der Waals surface area contributed by atoms with E-state index in [1.165, 1.54) is 0 Å². The van der Waals surface area contributed by atoms with Gasteiger partial charge in [-0.1, -0.05) is 52.0 Å². The van der Waals surface area contributed by atoms with Crippen LogP contribution in [0.5, 0.6) is 0 Å². The van der Waals surface area contributed by atoms with Crippen LogP contribution in [0.2, 0.25) is 0 Å². The molecule has 2 aliphatic heterocycles. The number of aliphatic hydroxyl groups is 2. The van der Waals surface area contributed by atoms with Gasteiger partial charge in [-0.15, -0.1) is 0 Å². The van der Waals surface area contributed by atoms with Gasteiger partial charge < -0.3 is 30.6 Å². The molecule has 0 bridgehead atoms. The van der Waals surface area contributed by atoms with Gasteiger partial charge >= 0.3 is 0 Å². The highest BCUT2D eigenvalue weighted by Crippen LogP contribution is 2.26. The maximum atomic E-state index is 12.8. The summed E-state index contributed by atoms with van der Waals surface area (Å²) in [6, 6.07) is 14.9. The van der Waals surface area contributed by atoms with Crippen molar-refractivity contribution in [3.05, 3.63) is 48.5 Å². The molecule has 0 aliphatic carbocycles. The van der Waals surface area contributed by atoms with E-state index in [0.29, 0.717) is 50.4 Å². The molecule has 2 aromatic carbocycles. The first kappa shape index (κ1) is 31.2. The minimum Gasteiger partial charge on any atom is -0.383 e. The number of benzene rings is 2. The normalized spacial score (nSPS) is 20.1. The molecule has 0 aromatic heterocycles. The van der Waals surface area contributed by atoms with Crippen LogP contribution in [0, 0.1) is 23.7 Å². The molecule has 4 rings (SSSR count). The zero-order chi connectivity index (χ0) is 30.6. The monoisotopic (exact) mass is 578 g/mol. The first-order valence-corrected chi connectivity index (χ1v) is 14.7. The molecular weight excluding hydrogens is 536 g/mol. The zero-order valence-corrected chi connectivity index (χ0v) is 24.7. The van der Waals surface area contributed by atoms with Crippen molar-refractivity contribution < 1.29 is 29.4 Å². The Morgan fingerprint density at radius 3 is 1.29 bits per heavy atom. The average Bonchev–Trinajstić information content (AvgIpc) is 3.67. The molecule has 2 fully saturated rings. The van der Waals surface area contributed by atoms with Crippen molar-refractivity contribution in [1.82, 2.24) is 9.80 Å². The van der Waals surface area contributed by atoms with Crippen LogP contribution in [0.1, 0.15) is 40.5 Å². The molecule has 4 atom stereocenters. The molecule has 226 valence electrons. The third kappa shape index (κ3) is 7.35. The van der Waals surface area contributed by atoms with E-state index in [-0.39, 0.29) is 47.3 Å². The van der Waals surface area contributed by atoms with Crippen LogP contribution >= 0.6 is 0 Å². The van der Waals surface area contributed by atoms with E-state index in [9.17, 15) is 29.4 Å². The Labute approximate surface area is 247 Å². The van der Waals surface area contributed by atoms with Crippen molar-refractivity contribution in [1.29, 1.82) is 0 Å². The second-order valence-electron chi connectivity index (χ2n) is 12.1. The predicted octanol–water partition coefficient (Wildman–Crippen LogP) is 2.96. The molecule has 42 heavy (non-hydrogen) atoms. The number of hydrogen-bond acceptors (Lipinski definition) is 6. The molecule has 10 nitrogen and oxygen atoms in total. The second kappa shape index (κ2) is 13.5. The summed E-state index contributed by atoms with van der Waals surface area (Å²) in [7, 11) is 0. The van der Waals surface area contributed by atoms with Crippen LogP contribution in [0.4, 0.5) is 11.4 Å². The number of carbonyl (C=O) groups excluding carboxylic acids is 4. The SMILES string of the molecule is CC(C)[C@H](O)C(=O)N1CC[C@H](C(=O)Nc2ccc(-c3ccc(NC(=O)[C@@H]4CCN(C(=O)[C@H](O)C(C)C)C4)cc3)cc2)C1. The van der Waals surface area contributed by atoms with Crippen molar-refractivity contribution in [2.75, 3.05) is 36.8 Å². The number of nitrogens with one attached hydrogen (secondary N) is 2. The van der Waals surface area contributed by atoms with Crippen LogP contribution in [-0.4, -0.2) is 82.0 Å². The maximum Gasteiger partial charge on any atom is 0.251 e. The molecule has 0 unspecified atom stereocenters. The lowest BCUT2D eigenvalue weighted by Gasteiger charge is -2.22. The smallest absolute Gasteiger partial charge is 0.251 e. The van der Waals surface area contributed by atoms with Crippen molar-refractivity contribution >= 4 is 35.0 Å². The number of aliphatic hydroxyl groups excluding tert-OH is 2. The summed E-state index contributed by atoms with van der Waals surface area (Å²) in [5.74, 6) is -1.95. The summed E-state index contributed by atoms with van der Waals surface area (Å²) >= 11 is 0. The van der Waals surface area contributed by atoms with Gasteiger partial charge in [0, 0.05) is 37.6 Å². The lowest BCUT2D eigenvalue weighted by atomic mass is 10.0. The fraction of sp³-hybridized carbons (Fsp3) is 0.500. The Bertz CT molecular complexity index is 1180. The largest absolute Gasteiger partial charge is 0.383 e. The van der Waals surface area contributed by atoms with Gasteiger partial charge in [0.15, 0.2) is 0 Å². The van der Waals surface area contributed by atoms with Gasteiger partial charge in [0.2, 0.25) is 11.8 Å². The van der Waals surface area contributed by atoms with Gasteiger partial charge in [-0.05, 0) is 60.1 Å². The third-order valence-corrected chi connectivity index (χ3v) is 8.15. The summed E-state index contributed by atoms with van der Waals surface area (Å²) in [6.07, 6.45) is -0.987. The Kier molecular flexibility index (Phi) is 10.0. The zero-order valence-electron chi connectivity index (χ0n) is 24.7. The highest BCUT2D eigenvalue weighted by Gasteiger charge is 2.35. The maximum absolute atomic E-state index is 12.8. The molecule has 0 radical (unpaired) electrons. The first-order valence-electron chi connectivity index (χ1n) is 14.7. The molecule has 0 saturated carbocycles. The third-order valence-electron chi connectivity index (χ3n) is 8.15. The predicted molar refractivity (Wildman–Crippen MR) is 160 cm³/mol. The molecule has 2 aromatic rings. The van der Waals surface area contributed by atoms with Crippen molar-refractivity contribution in [3.8, 4) is 11.1 Å².